The number of carbonyl (C=O) groups excluding carboxylic acids is 2. The average Bonchev–Trinajstić information content (AvgIpc) is 2.84. The van der Waals surface area contributed by atoms with Crippen molar-refractivity contribution in [2.24, 2.45) is 0 Å². The Morgan fingerprint density at radius 2 is 1.74 bits per heavy atom. The lowest BCUT2D eigenvalue weighted by molar-refractivity contribution is -0.131. The van der Waals surface area contributed by atoms with E-state index >= 15 is 0 Å². The second kappa shape index (κ2) is 9.95. The Hall–Kier alpha value is -3.22. The van der Waals surface area contributed by atoms with Gasteiger partial charge in [0.1, 0.15) is 11.5 Å². The van der Waals surface area contributed by atoms with E-state index in [1.807, 2.05) is 29.2 Å². The second-order valence-electron chi connectivity index (χ2n) is 9.94. The molecule has 1 fully saturated rings. The highest BCUT2D eigenvalue weighted by Gasteiger charge is 2.28. The first kappa shape index (κ1) is 23.9. The molecule has 7 nitrogen and oxygen atoms in total. The standard InChI is InChI=1S/C27H35N3O4/c1-27(2,3)20-7-12-24-23(18-20)30(26(32)19-34-24)13-5-6-25(31)29-16-14-28(15-17-29)21-8-10-22(33-4)11-9-21/h7-12,18H,5-6,13-17,19H2,1-4H3. The van der Waals surface area contributed by atoms with Crippen LogP contribution >= 0.6 is 0 Å². The Labute approximate surface area is 202 Å². The first-order chi connectivity index (χ1) is 16.3. The molecule has 2 heterocycles. The predicted molar refractivity (Wildman–Crippen MR) is 134 cm³/mol. The molecular formula is C27H35N3O4. The maximum absolute atomic E-state index is 12.8. The summed E-state index contributed by atoms with van der Waals surface area (Å²) >= 11 is 0. The molecule has 0 spiro atoms. The Morgan fingerprint density at radius 1 is 1.03 bits per heavy atom. The van der Waals surface area contributed by atoms with E-state index < -0.39 is 0 Å². The molecule has 0 bridgehead atoms. The molecule has 2 aliphatic rings. The first-order valence-corrected chi connectivity index (χ1v) is 12.0. The van der Waals surface area contributed by atoms with Gasteiger partial charge in [-0.25, -0.2) is 0 Å². The number of benzene rings is 2. The molecule has 4 rings (SSSR count). The van der Waals surface area contributed by atoms with Gasteiger partial charge in [-0.2, -0.15) is 0 Å². The van der Waals surface area contributed by atoms with Crippen LogP contribution in [0.15, 0.2) is 42.5 Å². The van der Waals surface area contributed by atoms with Gasteiger partial charge >= 0.3 is 0 Å². The molecule has 34 heavy (non-hydrogen) atoms. The Balaban J connectivity index is 1.30. The van der Waals surface area contributed by atoms with E-state index in [1.54, 1.807) is 12.0 Å². The number of anilines is 2. The van der Waals surface area contributed by atoms with Crippen molar-refractivity contribution in [1.82, 2.24) is 4.90 Å². The van der Waals surface area contributed by atoms with E-state index in [-0.39, 0.29) is 23.8 Å². The molecule has 0 unspecified atom stereocenters. The normalized spacial score (nSPS) is 16.2. The van der Waals surface area contributed by atoms with Crippen LogP contribution in [0.5, 0.6) is 11.5 Å². The molecule has 2 aromatic rings. The zero-order chi connectivity index (χ0) is 24.3. The van der Waals surface area contributed by atoms with Gasteiger partial charge in [0, 0.05) is 44.8 Å². The van der Waals surface area contributed by atoms with Gasteiger partial charge in [0.05, 0.1) is 12.8 Å². The number of amides is 2. The van der Waals surface area contributed by atoms with Gasteiger partial charge in [0.2, 0.25) is 5.91 Å². The van der Waals surface area contributed by atoms with E-state index in [9.17, 15) is 9.59 Å². The van der Waals surface area contributed by atoms with Crippen molar-refractivity contribution in [2.75, 3.05) is 56.2 Å². The second-order valence-corrected chi connectivity index (χ2v) is 9.94. The summed E-state index contributed by atoms with van der Waals surface area (Å²) in [5.74, 6) is 1.67. The summed E-state index contributed by atoms with van der Waals surface area (Å²) in [7, 11) is 1.66. The Kier molecular flexibility index (Phi) is 7.00. The quantitative estimate of drug-likeness (QED) is 0.649. The summed E-state index contributed by atoms with van der Waals surface area (Å²) < 4.78 is 10.9. The summed E-state index contributed by atoms with van der Waals surface area (Å²) in [4.78, 5) is 31.4. The van der Waals surface area contributed by atoms with E-state index in [2.05, 4.69) is 43.9 Å². The first-order valence-electron chi connectivity index (χ1n) is 12.0. The van der Waals surface area contributed by atoms with Crippen LogP contribution in [-0.2, 0) is 15.0 Å². The zero-order valence-corrected chi connectivity index (χ0v) is 20.7. The number of rotatable bonds is 6. The molecule has 1 saturated heterocycles. The maximum atomic E-state index is 12.8. The van der Waals surface area contributed by atoms with Crippen LogP contribution in [-0.4, -0.2) is 63.2 Å². The third-order valence-electron chi connectivity index (χ3n) is 6.61. The summed E-state index contributed by atoms with van der Waals surface area (Å²) in [6.45, 7) is 10.0. The van der Waals surface area contributed by atoms with Gasteiger partial charge in [0.25, 0.3) is 5.91 Å². The molecule has 0 N–H and O–H groups in total. The molecule has 2 aromatic carbocycles. The highest BCUT2D eigenvalue weighted by atomic mass is 16.5. The van der Waals surface area contributed by atoms with Gasteiger partial charge in [0.15, 0.2) is 6.61 Å². The Bertz CT molecular complexity index is 1020. The highest BCUT2D eigenvalue weighted by molar-refractivity contribution is 5.98. The van der Waals surface area contributed by atoms with Gasteiger partial charge in [-0.15, -0.1) is 0 Å². The third kappa shape index (κ3) is 5.29. The lowest BCUT2D eigenvalue weighted by Crippen LogP contribution is -2.49. The third-order valence-corrected chi connectivity index (χ3v) is 6.61. The molecule has 2 amide bonds. The van der Waals surface area contributed by atoms with Gasteiger partial charge in [-0.05, 0) is 53.8 Å². The minimum absolute atomic E-state index is 0.0227. The molecule has 182 valence electrons. The van der Waals surface area contributed by atoms with E-state index in [1.165, 1.54) is 0 Å². The fraction of sp³-hybridized carbons (Fsp3) is 0.481. The predicted octanol–water partition coefficient (Wildman–Crippen LogP) is 3.85. The number of methoxy groups -OCH3 is 1. The lowest BCUT2D eigenvalue weighted by atomic mass is 9.86. The van der Waals surface area contributed by atoms with E-state index in [0.29, 0.717) is 32.5 Å². The smallest absolute Gasteiger partial charge is 0.265 e. The van der Waals surface area contributed by atoms with Crippen LogP contribution in [0.3, 0.4) is 0 Å². The summed E-state index contributed by atoms with van der Waals surface area (Å²) in [6, 6.07) is 14.1. The lowest BCUT2D eigenvalue weighted by Gasteiger charge is -2.36. The van der Waals surface area contributed by atoms with Crippen molar-refractivity contribution in [2.45, 2.75) is 39.0 Å². The van der Waals surface area contributed by atoms with Crippen LogP contribution in [0.4, 0.5) is 11.4 Å². The summed E-state index contributed by atoms with van der Waals surface area (Å²) in [6.07, 6.45) is 1.06. The zero-order valence-electron chi connectivity index (χ0n) is 20.7. The molecule has 0 saturated carbocycles. The molecule has 0 aliphatic carbocycles. The van der Waals surface area contributed by atoms with Gasteiger partial charge in [-0.1, -0.05) is 26.8 Å². The fourth-order valence-electron chi connectivity index (χ4n) is 4.47. The number of hydrogen-bond donors (Lipinski definition) is 0. The van der Waals surface area contributed by atoms with Crippen LogP contribution in [0.25, 0.3) is 0 Å². The molecule has 0 aromatic heterocycles. The van der Waals surface area contributed by atoms with Crippen molar-refractivity contribution in [3.63, 3.8) is 0 Å². The molecule has 0 atom stereocenters. The molecule has 0 radical (unpaired) electrons. The highest BCUT2D eigenvalue weighted by Crippen LogP contribution is 2.36. The topological polar surface area (TPSA) is 62.3 Å². The minimum Gasteiger partial charge on any atom is -0.497 e. The number of piperazine rings is 1. The van der Waals surface area contributed by atoms with E-state index in [0.717, 1.165) is 41.5 Å². The van der Waals surface area contributed by atoms with Crippen LogP contribution in [0, 0.1) is 0 Å². The van der Waals surface area contributed by atoms with Crippen LogP contribution in [0.1, 0.15) is 39.2 Å². The number of nitrogens with zero attached hydrogens (tertiary/aromatic N) is 3. The monoisotopic (exact) mass is 465 g/mol. The SMILES string of the molecule is COc1ccc(N2CCN(C(=O)CCCN3C(=O)COc4ccc(C(C)(C)C)cc43)CC2)cc1. The number of carbonyl (C=O) groups is 2. The fourth-order valence-corrected chi connectivity index (χ4v) is 4.47. The van der Waals surface area contributed by atoms with E-state index in [4.69, 9.17) is 9.47 Å². The summed E-state index contributed by atoms with van der Waals surface area (Å²) in [5.41, 5.74) is 3.09. The number of ether oxygens (including phenoxy) is 2. The molecular weight excluding hydrogens is 430 g/mol. The van der Waals surface area contributed by atoms with Crippen molar-refractivity contribution >= 4 is 23.2 Å². The van der Waals surface area contributed by atoms with Crippen molar-refractivity contribution in [3.05, 3.63) is 48.0 Å². The number of hydrogen-bond acceptors (Lipinski definition) is 5. The Morgan fingerprint density at radius 3 is 2.38 bits per heavy atom. The summed E-state index contributed by atoms with van der Waals surface area (Å²) in [5, 5.41) is 0. The average molecular weight is 466 g/mol. The van der Waals surface area contributed by atoms with Crippen molar-refractivity contribution in [3.8, 4) is 11.5 Å². The van der Waals surface area contributed by atoms with Gasteiger partial charge in [-0.3, -0.25) is 9.59 Å². The largest absolute Gasteiger partial charge is 0.497 e. The van der Waals surface area contributed by atoms with Gasteiger partial charge < -0.3 is 24.2 Å². The van der Waals surface area contributed by atoms with Crippen molar-refractivity contribution in [1.29, 1.82) is 0 Å². The minimum atomic E-state index is -0.0564. The maximum Gasteiger partial charge on any atom is 0.265 e. The molecule has 7 heteroatoms. The number of fused-ring (bicyclic) bond motifs is 1. The van der Waals surface area contributed by atoms with Crippen molar-refractivity contribution < 1.29 is 19.1 Å². The van der Waals surface area contributed by atoms with Crippen LogP contribution < -0.4 is 19.3 Å². The molecule has 2 aliphatic heterocycles. The van der Waals surface area contributed by atoms with Crippen LogP contribution in [0.2, 0.25) is 0 Å².